The van der Waals surface area contributed by atoms with Gasteiger partial charge in [-0.15, -0.1) is 0 Å². The van der Waals surface area contributed by atoms with Gasteiger partial charge in [-0.05, 0) is 38.8 Å². The van der Waals surface area contributed by atoms with Gasteiger partial charge < -0.3 is 29.4 Å². The van der Waals surface area contributed by atoms with Crippen molar-refractivity contribution in [1.29, 1.82) is 5.26 Å². The molecule has 4 atom stereocenters. The van der Waals surface area contributed by atoms with Crippen LogP contribution in [-0.2, 0) is 38.9 Å². The quantitative estimate of drug-likeness (QED) is 0.475. The van der Waals surface area contributed by atoms with Gasteiger partial charge in [0.15, 0.2) is 18.0 Å². The number of hydrogen-bond acceptors (Lipinski definition) is 12. The van der Waals surface area contributed by atoms with Crippen molar-refractivity contribution in [1.82, 2.24) is 14.6 Å². The van der Waals surface area contributed by atoms with Crippen molar-refractivity contribution in [3.05, 3.63) is 24.2 Å². The van der Waals surface area contributed by atoms with Crippen molar-refractivity contribution >= 4 is 29.4 Å². The molecule has 13 nitrogen and oxygen atoms in total. The van der Waals surface area contributed by atoms with E-state index in [9.17, 15) is 19.6 Å². The van der Waals surface area contributed by atoms with Crippen LogP contribution in [-0.4, -0.2) is 63.7 Å². The van der Waals surface area contributed by atoms with Gasteiger partial charge in [0.05, 0.1) is 11.8 Å². The van der Waals surface area contributed by atoms with Gasteiger partial charge in [0.2, 0.25) is 5.60 Å². The number of esters is 2. The van der Waals surface area contributed by atoms with Gasteiger partial charge >= 0.3 is 18.1 Å². The van der Waals surface area contributed by atoms with Gasteiger partial charge in [0.25, 0.3) is 0 Å². The molecule has 4 heterocycles. The van der Waals surface area contributed by atoms with Crippen molar-refractivity contribution in [3.63, 3.8) is 0 Å². The van der Waals surface area contributed by atoms with Gasteiger partial charge in [0.1, 0.15) is 30.6 Å². The van der Waals surface area contributed by atoms with Gasteiger partial charge in [-0.1, -0.05) is 6.42 Å². The molecule has 4 rings (SSSR count). The Morgan fingerprint density at radius 3 is 2.67 bits per heavy atom. The van der Waals surface area contributed by atoms with E-state index in [4.69, 9.17) is 29.4 Å². The third-order valence-corrected chi connectivity index (χ3v) is 5.92. The highest BCUT2D eigenvalue weighted by Crippen LogP contribution is 2.44. The molecule has 2 aliphatic heterocycles. The van der Waals surface area contributed by atoms with Crippen LogP contribution >= 0.6 is 0 Å². The fourth-order valence-corrected chi connectivity index (χ4v) is 4.31. The summed E-state index contributed by atoms with van der Waals surface area (Å²) < 4.78 is 29.1. The first-order valence-corrected chi connectivity index (χ1v) is 11.7. The van der Waals surface area contributed by atoms with Crippen molar-refractivity contribution in [3.8, 4) is 6.07 Å². The first kappa shape index (κ1) is 25.2. The minimum Gasteiger partial charge on any atom is -0.455 e. The Bertz CT molecular complexity index is 1190. The summed E-state index contributed by atoms with van der Waals surface area (Å²) in [6.45, 7) is 2.88. The number of carbonyl (C=O) groups is 3. The lowest BCUT2D eigenvalue weighted by Gasteiger charge is -2.28. The number of nitriles is 1. The summed E-state index contributed by atoms with van der Waals surface area (Å²) in [6.07, 6.45) is -2.13. The molecule has 0 aromatic carbocycles. The van der Waals surface area contributed by atoms with Gasteiger partial charge in [0, 0.05) is 12.8 Å². The molecule has 2 N–H and O–H groups in total. The molecule has 2 saturated heterocycles. The summed E-state index contributed by atoms with van der Waals surface area (Å²) in [5, 5.41) is 14.6. The molecule has 0 unspecified atom stereocenters. The van der Waals surface area contributed by atoms with E-state index in [0.717, 1.165) is 0 Å². The second-order valence-corrected chi connectivity index (χ2v) is 8.82. The van der Waals surface area contributed by atoms with Crippen LogP contribution in [0.1, 0.15) is 51.6 Å². The van der Waals surface area contributed by atoms with Crippen LogP contribution in [0.25, 0.3) is 5.52 Å². The van der Waals surface area contributed by atoms with Crippen LogP contribution < -0.4 is 5.73 Å². The smallest absolute Gasteiger partial charge is 0.455 e. The Labute approximate surface area is 206 Å². The van der Waals surface area contributed by atoms with Crippen LogP contribution in [0.4, 0.5) is 10.6 Å². The SMILES string of the molecule is CC(C)OC(=O)OC[C@H]1O[C@@](C#N)(c2ccc3c(N)ncnn23)[C@@H]2OC(=O)CCCCCC(=O)O[C@@H]21. The van der Waals surface area contributed by atoms with Gasteiger partial charge in [-0.25, -0.2) is 14.3 Å². The van der Waals surface area contributed by atoms with Gasteiger partial charge in [-0.3, -0.25) is 9.59 Å². The Kier molecular flexibility index (Phi) is 7.25. The Hall–Kier alpha value is -3.92. The number of ether oxygens (including phenoxy) is 5. The number of anilines is 1. The summed E-state index contributed by atoms with van der Waals surface area (Å²) in [4.78, 5) is 41.3. The molecule has 0 radical (unpaired) electrons. The van der Waals surface area contributed by atoms with Crippen LogP contribution in [0.5, 0.6) is 0 Å². The average molecular weight is 501 g/mol. The molecule has 13 heteroatoms. The summed E-state index contributed by atoms with van der Waals surface area (Å²) in [6, 6.07) is 5.22. The summed E-state index contributed by atoms with van der Waals surface area (Å²) in [5.41, 5.74) is 4.54. The van der Waals surface area contributed by atoms with Crippen molar-refractivity contribution < 1.29 is 38.1 Å². The standard InChI is InChI=1S/C23H27N5O8/c1-13(2)33-22(31)32-10-15-19-20(35-18(30)7-5-3-4-6-17(29)34-19)23(11-24,36-15)16-9-8-14-21(25)26-12-27-28(14)16/h8-9,12-13,15,19-20H,3-7,10H2,1-2H3,(H2,25,26,27)/t15-,19-,20-,23+/m1/s1. The maximum atomic E-state index is 12.7. The van der Waals surface area contributed by atoms with Crippen LogP contribution in [0.15, 0.2) is 18.5 Å². The first-order chi connectivity index (χ1) is 17.2. The van der Waals surface area contributed by atoms with E-state index in [0.29, 0.717) is 24.8 Å². The molecule has 0 aliphatic carbocycles. The van der Waals surface area contributed by atoms with Crippen LogP contribution in [0, 0.1) is 11.3 Å². The number of rotatable bonds is 4. The lowest BCUT2D eigenvalue weighted by atomic mass is 9.92. The second-order valence-electron chi connectivity index (χ2n) is 8.82. The van der Waals surface area contributed by atoms with E-state index in [-0.39, 0.29) is 24.4 Å². The Morgan fingerprint density at radius 1 is 1.25 bits per heavy atom. The van der Waals surface area contributed by atoms with Crippen LogP contribution in [0.2, 0.25) is 0 Å². The molecule has 2 fully saturated rings. The summed E-state index contributed by atoms with van der Waals surface area (Å²) in [5.74, 6) is -0.982. The van der Waals surface area contributed by atoms with E-state index in [2.05, 4.69) is 16.2 Å². The molecule has 2 aliphatic rings. The van der Waals surface area contributed by atoms with Crippen molar-refractivity contribution in [2.24, 2.45) is 0 Å². The summed E-state index contributed by atoms with van der Waals surface area (Å²) >= 11 is 0. The highest BCUT2D eigenvalue weighted by molar-refractivity contribution is 5.72. The van der Waals surface area contributed by atoms with E-state index in [1.54, 1.807) is 19.9 Å². The summed E-state index contributed by atoms with van der Waals surface area (Å²) in [7, 11) is 0. The highest BCUT2D eigenvalue weighted by Gasteiger charge is 2.62. The zero-order chi connectivity index (χ0) is 25.9. The molecule has 0 spiro atoms. The predicted octanol–water partition coefficient (Wildman–Crippen LogP) is 1.78. The van der Waals surface area contributed by atoms with E-state index in [1.807, 2.05) is 0 Å². The van der Waals surface area contributed by atoms with Crippen molar-refractivity contribution in [2.75, 3.05) is 12.3 Å². The fourth-order valence-electron chi connectivity index (χ4n) is 4.31. The maximum Gasteiger partial charge on any atom is 0.508 e. The number of nitrogen functional groups attached to an aromatic ring is 1. The molecule has 36 heavy (non-hydrogen) atoms. The number of fused-ring (bicyclic) bond motifs is 2. The topological polar surface area (TPSA) is 177 Å². The second kappa shape index (κ2) is 10.4. The monoisotopic (exact) mass is 501 g/mol. The maximum absolute atomic E-state index is 12.7. The molecular formula is C23H27N5O8. The minimum atomic E-state index is -1.97. The van der Waals surface area contributed by atoms with Gasteiger partial charge in [-0.2, -0.15) is 10.4 Å². The molecular weight excluding hydrogens is 474 g/mol. The largest absolute Gasteiger partial charge is 0.508 e. The Morgan fingerprint density at radius 2 is 1.97 bits per heavy atom. The fraction of sp³-hybridized carbons (Fsp3) is 0.565. The zero-order valence-corrected chi connectivity index (χ0v) is 19.9. The minimum absolute atomic E-state index is 0.0881. The first-order valence-electron chi connectivity index (χ1n) is 11.7. The van der Waals surface area contributed by atoms with Crippen LogP contribution in [0.3, 0.4) is 0 Å². The number of aromatic nitrogens is 3. The normalized spacial score (nSPS) is 26.9. The molecule has 0 bridgehead atoms. The molecule has 0 saturated carbocycles. The highest BCUT2D eigenvalue weighted by atomic mass is 16.7. The number of hydrogen-bond donors (Lipinski definition) is 1. The molecule has 192 valence electrons. The predicted molar refractivity (Wildman–Crippen MR) is 120 cm³/mol. The van der Waals surface area contributed by atoms with E-state index < -0.39 is 54.7 Å². The number of nitrogens with two attached hydrogens (primary N) is 1. The van der Waals surface area contributed by atoms with E-state index >= 15 is 0 Å². The third-order valence-electron chi connectivity index (χ3n) is 5.92. The third kappa shape index (κ3) is 4.90. The van der Waals surface area contributed by atoms with Crippen molar-refractivity contribution in [2.45, 2.75) is 76.0 Å². The molecule has 0 amide bonds. The lowest BCUT2D eigenvalue weighted by Crippen LogP contribution is -2.46. The Balaban J connectivity index is 1.78. The zero-order valence-electron chi connectivity index (χ0n) is 19.9. The average Bonchev–Trinajstić information content (AvgIpc) is 3.37. The lowest BCUT2D eigenvalue weighted by molar-refractivity contribution is -0.169. The number of carbonyl (C=O) groups excluding carboxylic acids is 3. The molecule has 2 aromatic heterocycles. The number of nitrogens with zero attached hydrogens (tertiary/aromatic N) is 4. The van der Waals surface area contributed by atoms with E-state index in [1.165, 1.54) is 16.9 Å². The molecule has 2 aromatic rings.